The van der Waals surface area contributed by atoms with Gasteiger partial charge >= 0.3 is 0 Å². The predicted molar refractivity (Wildman–Crippen MR) is 77.0 cm³/mol. The lowest BCUT2D eigenvalue weighted by molar-refractivity contribution is 0.198. The van der Waals surface area contributed by atoms with E-state index < -0.39 is 6.10 Å². The summed E-state index contributed by atoms with van der Waals surface area (Å²) >= 11 is 0. The van der Waals surface area contributed by atoms with Crippen LogP contribution < -0.4 is 4.74 Å². The minimum Gasteiger partial charge on any atom is -0.439 e. The quantitative estimate of drug-likeness (QED) is 0.878. The average molecular weight is 273 g/mol. The lowest BCUT2D eigenvalue weighted by atomic mass is 10.1. The Morgan fingerprint density at radius 2 is 1.95 bits per heavy atom. The minimum atomic E-state index is -0.531. The molecule has 4 nitrogen and oxygen atoms in total. The molecule has 2 rings (SSSR count). The van der Waals surface area contributed by atoms with Crippen molar-refractivity contribution in [2.75, 3.05) is 13.7 Å². The third-order valence-corrected chi connectivity index (χ3v) is 2.98. The molecule has 106 valence electrons. The van der Waals surface area contributed by atoms with E-state index in [2.05, 4.69) is 4.98 Å². The Morgan fingerprint density at radius 3 is 2.60 bits per heavy atom. The number of benzene rings is 1. The fraction of sp³-hybridized carbons (Fsp3) is 0.312. The first-order chi connectivity index (χ1) is 9.69. The molecular weight excluding hydrogens is 254 g/mol. The summed E-state index contributed by atoms with van der Waals surface area (Å²) < 4.78 is 10.7. The summed E-state index contributed by atoms with van der Waals surface area (Å²) in [6.07, 6.45) is 1.98. The number of aliphatic hydroxyl groups excluding tert-OH is 1. The number of hydrogen-bond donors (Lipinski definition) is 1. The average Bonchev–Trinajstić information content (AvgIpc) is 2.47. The number of aromatic nitrogens is 1. The summed E-state index contributed by atoms with van der Waals surface area (Å²) in [6.45, 7) is 2.42. The van der Waals surface area contributed by atoms with Gasteiger partial charge in [-0.25, -0.2) is 4.98 Å². The van der Waals surface area contributed by atoms with Crippen molar-refractivity contribution in [3.05, 3.63) is 53.7 Å². The van der Waals surface area contributed by atoms with Gasteiger partial charge in [0.05, 0.1) is 12.7 Å². The van der Waals surface area contributed by atoms with Crippen molar-refractivity contribution in [1.82, 2.24) is 4.98 Å². The molecule has 0 aliphatic carbocycles. The first-order valence-corrected chi connectivity index (χ1v) is 6.59. The van der Waals surface area contributed by atoms with E-state index in [0.29, 0.717) is 12.5 Å². The summed E-state index contributed by atoms with van der Waals surface area (Å²) in [5.74, 6) is 1.20. The molecule has 20 heavy (non-hydrogen) atoms. The molecule has 2 aromatic rings. The van der Waals surface area contributed by atoms with Crippen molar-refractivity contribution in [2.24, 2.45) is 0 Å². The van der Waals surface area contributed by atoms with Crippen LogP contribution in [0.25, 0.3) is 0 Å². The lowest BCUT2D eigenvalue weighted by Gasteiger charge is -2.08. The smallest absolute Gasteiger partial charge is 0.219 e. The molecule has 0 saturated heterocycles. The van der Waals surface area contributed by atoms with Crippen molar-refractivity contribution in [2.45, 2.75) is 19.4 Å². The zero-order chi connectivity index (χ0) is 14.4. The monoisotopic (exact) mass is 273 g/mol. The molecule has 0 fully saturated rings. The van der Waals surface area contributed by atoms with Gasteiger partial charge in [0.15, 0.2) is 0 Å². The van der Waals surface area contributed by atoms with Gasteiger partial charge in [-0.3, -0.25) is 0 Å². The molecule has 1 heterocycles. The molecule has 0 unspecified atom stereocenters. The fourth-order valence-electron chi connectivity index (χ4n) is 1.81. The Morgan fingerprint density at radius 1 is 1.20 bits per heavy atom. The molecule has 0 amide bonds. The van der Waals surface area contributed by atoms with Crippen molar-refractivity contribution in [3.8, 4) is 11.6 Å². The highest BCUT2D eigenvalue weighted by molar-refractivity contribution is 5.32. The third kappa shape index (κ3) is 4.05. The highest BCUT2D eigenvalue weighted by Gasteiger charge is 2.04. The van der Waals surface area contributed by atoms with E-state index in [-0.39, 0.29) is 0 Å². The van der Waals surface area contributed by atoms with Gasteiger partial charge < -0.3 is 14.6 Å². The van der Waals surface area contributed by atoms with Crippen molar-refractivity contribution in [1.29, 1.82) is 0 Å². The molecule has 1 aromatic heterocycles. The van der Waals surface area contributed by atoms with Gasteiger partial charge in [0.25, 0.3) is 0 Å². The second-order valence-corrected chi connectivity index (χ2v) is 4.59. The van der Waals surface area contributed by atoms with Crippen LogP contribution in [-0.2, 0) is 11.2 Å². The van der Waals surface area contributed by atoms with Crippen LogP contribution in [0.3, 0.4) is 0 Å². The van der Waals surface area contributed by atoms with E-state index in [1.54, 1.807) is 32.4 Å². The molecular formula is C16H19NO3. The second kappa shape index (κ2) is 7.03. The van der Waals surface area contributed by atoms with Gasteiger partial charge in [0, 0.05) is 19.4 Å². The first-order valence-electron chi connectivity index (χ1n) is 6.59. The number of hydrogen-bond acceptors (Lipinski definition) is 4. The van der Waals surface area contributed by atoms with Crippen LogP contribution >= 0.6 is 0 Å². The van der Waals surface area contributed by atoms with Crippen molar-refractivity contribution >= 4 is 0 Å². The number of methoxy groups -OCH3 is 1. The molecule has 0 radical (unpaired) electrons. The van der Waals surface area contributed by atoms with Gasteiger partial charge in [-0.2, -0.15) is 0 Å². The van der Waals surface area contributed by atoms with Gasteiger partial charge in [-0.15, -0.1) is 0 Å². The molecule has 0 saturated carbocycles. The van der Waals surface area contributed by atoms with Crippen molar-refractivity contribution < 1.29 is 14.6 Å². The summed E-state index contributed by atoms with van der Waals surface area (Å²) in [5, 5.41) is 9.54. The number of rotatable bonds is 6. The van der Waals surface area contributed by atoms with Gasteiger partial charge in [-0.1, -0.05) is 12.1 Å². The highest BCUT2D eigenvalue weighted by Crippen LogP contribution is 2.22. The SMILES string of the molecule is COCCc1ccc(Oc2cc([C@@H](C)O)ccn2)cc1. The Hall–Kier alpha value is -1.91. The van der Waals surface area contributed by atoms with Gasteiger partial charge in [0.2, 0.25) is 5.88 Å². The number of nitrogens with zero attached hydrogens (tertiary/aromatic N) is 1. The summed E-state index contributed by atoms with van der Waals surface area (Å²) in [6, 6.07) is 11.3. The summed E-state index contributed by atoms with van der Waals surface area (Å²) in [5.41, 5.74) is 1.98. The lowest BCUT2D eigenvalue weighted by Crippen LogP contribution is -1.95. The standard InChI is InChI=1S/C16H19NO3/c1-12(18)14-7-9-17-16(11-14)20-15-5-3-13(4-6-15)8-10-19-2/h3-7,9,11-12,18H,8,10H2,1-2H3/t12-/m1/s1. The largest absolute Gasteiger partial charge is 0.439 e. The van der Waals surface area contributed by atoms with E-state index in [4.69, 9.17) is 9.47 Å². The van der Waals surface area contributed by atoms with Crippen LogP contribution in [0.1, 0.15) is 24.2 Å². The van der Waals surface area contributed by atoms with E-state index in [1.165, 1.54) is 5.56 Å². The molecule has 1 atom stereocenters. The maximum absolute atomic E-state index is 9.54. The molecule has 0 aliphatic heterocycles. The first kappa shape index (κ1) is 14.5. The second-order valence-electron chi connectivity index (χ2n) is 4.59. The van der Waals surface area contributed by atoms with Crippen LogP contribution in [0.5, 0.6) is 11.6 Å². The molecule has 0 bridgehead atoms. The molecule has 1 aromatic carbocycles. The maximum atomic E-state index is 9.54. The Labute approximate surface area is 119 Å². The minimum absolute atomic E-state index is 0.480. The van der Waals surface area contributed by atoms with Gasteiger partial charge in [0.1, 0.15) is 5.75 Å². The number of pyridine rings is 1. The van der Waals surface area contributed by atoms with Crippen LogP contribution in [0.4, 0.5) is 0 Å². The summed E-state index contributed by atoms with van der Waals surface area (Å²) in [7, 11) is 1.69. The van der Waals surface area contributed by atoms with Crippen molar-refractivity contribution in [3.63, 3.8) is 0 Å². The van der Waals surface area contributed by atoms with E-state index in [1.807, 2.05) is 24.3 Å². The Balaban J connectivity index is 2.04. The number of aliphatic hydroxyl groups is 1. The third-order valence-electron chi connectivity index (χ3n) is 2.98. The maximum Gasteiger partial charge on any atom is 0.219 e. The summed E-state index contributed by atoms with van der Waals surface area (Å²) in [4.78, 5) is 4.14. The van der Waals surface area contributed by atoms with Crippen LogP contribution in [0.2, 0.25) is 0 Å². The molecule has 0 spiro atoms. The van der Waals surface area contributed by atoms with Crippen LogP contribution in [0, 0.1) is 0 Å². The highest BCUT2D eigenvalue weighted by atomic mass is 16.5. The van der Waals surface area contributed by atoms with E-state index >= 15 is 0 Å². The zero-order valence-electron chi connectivity index (χ0n) is 11.7. The molecule has 4 heteroatoms. The normalized spacial score (nSPS) is 12.2. The number of ether oxygens (including phenoxy) is 2. The van der Waals surface area contributed by atoms with E-state index in [0.717, 1.165) is 17.7 Å². The zero-order valence-corrected chi connectivity index (χ0v) is 11.7. The van der Waals surface area contributed by atoms with Crippen LogP contribution in [0.15, 0.2) is 42.6 Å². The Kier molecular flexibility index (Phi) is 5.09. The Bertz CT molecular complexity index is 538. The molecule has 0 aliphatic rings. The van der Waals surface area contributed by atoms with E-state index in [9.17, 15) is 5.11 Å². The predicted octanol–water partition coefficient (Wildman–Crippen LogP) is 3.12. The van der Waals surface area contributed by atoms with Gasteiger partial charge in [-0.05, 0) is 42.7 Å². The topological polar surface area (TPSA) is 51.6 Å². The van der Waals surface area contributed by atoms with Crippen LogP contribution in [-0.4, -0.2) is 23.8 Å². The molecule has 1 N–H and O–H groups in total. The fourth-order valence-corrected chi connectivity index (χ4v) is 1.81.